The molecule has 0 saturated carbocycles. The third-order valence-electron chi connectivity index (χ3n) is 3.92. The number of benzene rings is 2. The van der Waals surface area contributed by atoms with Crippen molar-refractivity contribution in [3.8, 4) is 0 Å². The predicted octanol–water partition coefficient (Wildman–Crippen LogP) is -0.519. The second-order valence-corrected chi connectivity index (χ2v) is 9.67. The smallest absolute Gasteiger partial charge is 0.357 e. The van der Waals surface area contributed by atoms with Gasteiger partial charge in [0, 0.05) is 0 Å². The molecule has 0 aliphatic carbocycles. The molecule has 0 aliphatic heterocycles. The molecule has 0 radical (unpaired) electrons. The molecule has 0 aliphatic rings. The highest BCUT2D eigenvalue weighted by atomic mass is 32.2. The zero-order valence-corrected chi connectivity index (χ0v) is 15.5. The van der Waals surface area contributed by atoms with Gasteiger partial charge in [0.25, 0.3) is 0 Å². The Morgan fingerprint density at radius 2 is 0.857 bits per heavy atom. The summed E-state index contributed by atoms with van der Waals surface area (Å²) in [7, 11) is -11.3. The van der Waals surface area contributed by atoms with Crippen LogP contribution in [0.5, 0.6) is 0 Å². The summed E-state index contributed by atoms with van der Waals surface area (Å²) in [6, 6.07) is 10.4. The zero-order valence-electron chi connectivity index (χ0n) is 13.8. The van der Waals surface area contributed by atoms with Crippen LogP contribution in [0.2, 0.25) is 0 Å². The molecule has 2 aromatic rings. The van der Waals surface area contributed by atoms with Crippen LogP contribution >= 0.6 is 0 Å². The molecule has 2 atom stereocenters. The maximum atomic E-state index is 12.8. The van der Waals surface area contributed by atoms with E-state index < -0.39 is 51.3 Å². The minimum atomic E-state index is -5.65. The number of carboxylic acid groups (broad SMARTS) is 2. The Morgan fingerprint density at radius 1 is 0.607 bits per heavy atom. The molecular weight excluding hydrogens is 416 g/mol. The monoisotopic (exact) mass is 430 g/mol. The van der Waals surface area contributed by atoms with Crippen LogP contribution < -0.4 is 0 Å². The van der Waals surface area contributed by atoms with E-state index in [2.05, 4.69) is 0 Å². The van der Waals surface area contributed by atoms with E-state index in [4.69, 9.17) is 0 Å². The van der Waals surface area contributed by atoms with E-state index in [1.807, 2.05) is 0 Å². The van der Waals surface area contributed by atoms with E-state index in [9.17, 15) is 46.9 Å². The molecule has 0 fully saturated rings. The lowest BCUT2D eigenvalue weighted by molar-refractivity contribution is -0.176. The van der Waals surface area contributed by atoms with Gasteiger partial charge in [0.15, 0.2) is 0 Å². The third kappa shape index (κ3) is 2.77. The van der Waals surface area contributed by atoms with Gasteiger partial charge in [0.1, 0.15) is 0 Å². The Balaban J connectivity index is 2.95. The fourth-order valence-corrected chi connectivity index (χ4v) is 6.16. The van der Waals surface area contributed by atoms with Gasteiger partial charge in [-0.2, -0.15) is 0 Å². The van der Waals surface area contributed by atoms with E-state index in [0.29, 0.717) is 0 Å². The number of aliphatic carboxylic acids is 2. The number of rotatable bonds is 7. The molecule has 12 heteroatoms. The van der Waals surface area contributed by atoms with Crippen molar-refractivity contribution in [3.05, 3.63) is 60.7 Å². The first-order valence-electron chi connectivity index (χ1n) is 7.36. The van der Waals surface area contributed by atoms with Crippen molar-refractivity contribution in [3.63, 3.8) is 0 Å². The average Bonchev–Trinajstić information content (AvgIpc) is 2.67. The van der Waals surface area contributed by atoms with Crippen molar-refractivity contribution >= 4 is 31.6 Å². The first-order chi connectivity index (χ1) is 12.8. The van der Waals surface area contributed by atoms with Crippen LogP contribution in [0.1, 0.15) is 0 Å². The Bertz CT molecular complexity index is 1020. The lowest BCUT2D eigenvalue weighted by atomic mass is 10.2. The fourth-order valence-electron chi connectivity index (χ4n) is 2.42. The van der Waals surface area contributed by atoms with Gasteiger partial charge in [-0.15, -0.1) is 0 Å². The van der Waals surface area contributed by atoms with Gasteiger partial charge in [-0.25, -0.2) is 26.4 Å². The van der Waals surface area contributed by atoms with E-state index in [1.54, 1.807) is 0 Å². The minimum Gasteiger partial charge on any atom is -0.478 e. The zero-order chi connectivity index (χ0) is 21.4. The standard InChI is InChI=1S/C16H14O10S2/c17-13(18)15(21,27(23,24)11-7-3-1-4-8-11)16(22,14(19)20)28(25,26)12-9-5-2-6-10-12/h1-10,21-22H,(H,17,18)(H,19,20). The van der Waals surface area contributed by atoms with Gasteiger partial charge < -0.3 is 20.4 Å². The number of sulfone groups is 2. The highest BCUT2D eigenvalue weighted by molar-refractivity contribution is 7.98. The molecule has 0 amide bonds. The fraction of sp³-hybridized carbons (Fsp3) is 0.125. The summed E-state index contributed by atoms with van der Waals surface area (Å²) in [5.74, 6) is -5.58. The molecule has 0 bridgehead atoms. The van der Waals surface area contributed by atoms with Gasteiger partial charge in [-0.3, -0.25) is 0 Å². The number of carbonyl (C=O) groups is 2. The Hall–Kier alpha value is -2.80. The van der Waals surface area contributed by atoms with Crippen LogP contribution in [-0.2, 0) is 29.3 Å². The molecule has 28 heavy (non-hydrogen) atoms. The number of aliphatic hydroxyl groups is 2. The van der Waals surface area contributed by atoms with E-state index in [-0.39, 0.29) is 0 Å². The second-order valence-electron chi connectivity index (χ2n) is 5.53. The minimum absolute atomic E-state index is 0.806. The van der Waals surface area contributed by atoms with Crippen molar-refractivity contribution < 1.29 is 46.9 Å². The maximum Gasteiger partial charge on any atom is 0.357 e. The van der Waals surface area contributed by atoms with Crippen LogP contribution in [-0.4, -0.2) is 59.1 Å². The summed E-state index contributed by atoms with van der Waals surface area (Å²) >= 11 is 0. The van der Waals surface area contributed by atoms with Crippen molar-refractivity contribution in [2.75, 3.05) is 0 Å². The van der Waals surface area contributed by atoms with Crippen molar-refractivity contribution in [1.82, 2.24) is 0 Å². The van der Waals surface area contributed by atoms with Crippen LogP contribution in [0.4, 0.5) is 0 Å². The van der Waals surface area contributed by atoms with Gasteiger partial charge in [-0.05, 0) is 24.3 Å². The van der Waals surface area contributed by atoms with E-state index in [0.717, 1.165) is 48.5 Å². The molecule has 0 aromatic heterocycles. The van der Waals surface area contributed by atoms with E-state index >= 15 is 0 Å². The molecule has 0 spiro atoms. The summed E-state index contributed by atoms with van der Waals surface area (Å²) < 4.78 is 51.2. The molecule has 150 valence electrons. The highest BCUT2D eigenvalue weighted by Crippen LogP contribution is 2.40. The summed E-state index contributed by atoms with van der Waals surface area (Å²) in [5.41, 5.74) is 0. The second kappa shape index (κ2) is 6.98. The average molecular weight is 430 g/mol. The van der Waals surface area contributed by atoms with E-state index in [1.165, 1.54) is 12.1 Å². The van der Waals surface area contributed by atoms with Crippen molar-refractivity contribution in [2.45, 2.75) is 19.7 Å². The maximum absolute atomic E-state index is 12.8. The van der Waals surface area contributed by atoms with Crippen molar-refractivity contribution in [1.29, 1.82) is 0 Å². The van der Waals surface area contributed by atoms with Crippen LogP contribution in [0, 0.1) is 0 Å². The summed E-state index contributed by atoms with van der Waals surface area (Å²) in [6.07, 6.45) is 0. The number of hydrogen-bond donors (Lipinski definition) is 4. The first-order valence-corrected chi connectivity index (χ1v) is 10.3. The normalized spacial score (nSPS) is 16.5. The molecule has 0 saturated heterocycles. The molecule has 0 heterocycles. The lowest BCUT2D eigenvalue weighted by Crippen LogP contribution is -2.70. The third-order valence-corrected chi connectivity index (χ3v) is 8.33. The SMILES string of the molecule is O=C(O)C(O)(C(O)(C(=O)O)S(=O)(=O)c1ccccc1)S(=O)(=O)c1ccccc1. The largest absolute Gasteiger partial charge is 0.478 e. The van der Waals surface area contributed by atoms with Crippen LogP contribution in [0.25, 0.3) is 0 Å². The van der Waals surface area contributed by atoms with Crippen LogP contribution in [0.15, 0.2) is 70.5 Å². The molecule has 2 aromatic carbocycles. The number of hydrogen-bond acceptors (Lipinski definition) is 8. The predicted molar refractivity (Wildman–Crippen MR) is 92.4 cm³/mol. The molecule has 2 unspecified atom stereocenters. The molecule has 4 N–H and O–H groups in total. The van der Waals surface area contributed by atoms with Gasteiger partial charge in [-0.1, -0.05) is 36.4 Å². The van der Waals surface area contributed by atoms with Crippen LogP contribution in [0.3, 0.4) is 0 Å². The summed E-state index contributed by atoms with van der Waals surface area (Å²) in [6.45, 7) is 0. The topological polar surface area (TPSA) is 183 Å². The quantitative estimate of drug-likeness (QED) is 0.446. The molecule has 2 rings (SSSR count). The van der Waals surface area contributed by atoms with Gasteiger partial charge in [0.2, 0.25) is 19.7 Å². The Labute approximate surface area is 159 Å². The number of carboxylic acids is 2. The molecular formula is C16H14O10S2. The lowest BCUT2D eigenvalue weighted by Gasteiger charge is -2.35. The Morgan fingerprint density at radius 3 is 1.07 bits per heavy atom. The highest BCUT2D eigenvalue weighted by Gasteiger charge is 2.76. The van der Waals surface area contributed by atoms with Gasteiger partial charge in [0.05, 0.1) is 9.79 Å². The summed E-state index contributed by atoms with van der Waals surface area (Å²) in [5, 5.41) is 39.9. The van der Waals surface area contributed by atoms with Gasteiger partial charge >= 0.3 is 21.8 Å². The first kappa shape index (κ1) is 21.5. The Kier molecular flexibility index (Phi) is 5.36. The summed E-state index contributed by atoms with van der Waals surface area (Å²) in [4.78, 5) is 12.3. The molecule has 10 nitrogen and oxygen atoms in total. The van der Waals surface area contributed by atoms with Crippen molar-refractivity contribution in [2.24, 2.45) is 0 Å².